The third-order valence-electron chi connectivity index (χ3n) is 11.5. The molecule has 4 aliphatic carbocycles. The zero-order valence-electron chi connectivity index (χ0n) is 25.3. The van der Waals surface area contributed by atoms with E-state index in [1.807, 2.05) is 20.8 Å². The number of hydrogen-bond acceptors (Lipinski definition) is 8. The quantitative estimate of drug-likeness (QED) is 0.265. The molecule has 3 fully saturated rings. The van der Waals surface area contributed by atoms with Gasteiger partial charge in [0.05, 0.1) is 6.10 Å². The number of fused-ring (bicyclic) bond motifs is 5. The number of aliphatic hydroxyl groups is 3. The summed E-state index contributed by atoms with van der Waals surface area (Å²) in [5.74, 6) is -2.85. The molecule has 3 N–H and O–H groups in total. The van der Waals surface area contributed by atoms with Crippen LogP contribution < -0.4 is 0 Å². The summed E-state index contributed by atoms with van der Waals surface area (Å²) >= 11 is 0. The minimum atomic E-state index is -2.08. The Hall–Kier alpha value is -2.16. The second-order valence-electron chi connectivity index (χ2n) is 14.8. The topological polar surface area (TPSA) is 138 Å². The highest BCUT2D eigenvalue weighted by Gasteiger charge is 2.73. The Balaban J connectivity index is 1.75. The molecule has 9 atom stereocenters. The number of ether oxygens (including phenoxy) is 1. The number of carbonyl (C=O) groups excluding carboxylic acids is 4. The molecule has 222 valence electrons. The highest BCUT2D eigenvalue weighted by Crippen LogP contribution is 2.72. The fraction of sp³-hybridized carbons (Fsp3) is 0.750. The van der Waals surface area contributed by atoms with Crippen LogP contribution in [0.5, 0.6) is 0 Å². The van der Waals surface area contributed by atoms with Gasteiger partial charge in [-0.05, 0) is 69.4 Å². The van der Waals surface area contributed by atoms with Gasteiger partial charge in [0.1, 0.15) is 23.1 Å². The Kier molecular flexibility index (Phi) is 7.06. The molecule has 0 aromatic heterocycles. The molecule has 4 rings (SSSR count). The van der Waals surface area contributed by atoms with Crippen molar-refractivity contribution in [3.8, 4) is 0 Å². The summed E-state index contributed by atoms with van der Waals surface area (Å²) < 4.78 is 5.22. The third kappa shape index (κ3) is 4.11. The summed E-state index contributed by atoms with van der Waals surface area (Å²) in [4.78, 5) is 52.1. The first-order chi connectivity index (χ1) is 18.1. The van der Waals surface area contributed by atoms with Crippen molar-refractivity contribution in [2.24, 2.45) is 39.4 Å². The Morgan fingerprint density at radius 1 is 1.05 bits per heavy atom. The van der Waals surface area contributed by atoms with Crippen LogP contribution in [0.4, 0.5) is 0 Å². The molecule has 0 spiro atoms. The highest BCUT2D eigenvalue weighted by atomic mass is 16.6. The van der Waals surface area contributed by atoms with Crippen molar-refractivity contribution in [3.63, 3.8) is 0 Å². The average Bonchev–Trinajstić information content (AvgIpc) is 3.03. The highest BCUT2D eigenvalue weighted by molar-refractivity contribution is 5.99. The summed E-state index contributed by atoms with van der Waals surface area (Å²) in [5.41, 5.74) is -5.49. The molecule has 0 unspecified atom stereocenters. The van der Waals surface area contributed by atoms with Crippen LogP contribution in [0, 0.1) is 39.4 Å². The van der Waals surface area contributed by atoms with Crippen molar-refractivity contribution in [1.29, 1.82) is 0 Å². The van der Waals surface area contributed by atoms with Gasteiger partial charge in [0.25, 0.3) is 0 Å². The molecular formula is C32H46O8. The van der Waals surface area contributed by atoms with Crippen molar-refractivity contribution in [2.75, 3.05) is 0 Å². The first-order valence-electron chi connectivity index (χ1n) is 14.4. The third-order valence-corrected chi connectivity index (χ3v) is 11.5. The maximum atomic E-state index is 14.3. The van der Waals surface area contributed by atoms with E-state index in [1.54, 1.807) is 20.8 Å². The second kappa shape index (κ2) is 9.17. The molecule has 0 radical (unpaired) electrons. The van der Waals surface area contributed by atoms with Crippen LogP contribution in [-0.2, 0) is 23.9 Å². The Bertz CT molecular complexity index is 1210. The van der Waals surface area contributed by atoms with Crippen LogP contribution in [-0.4, -0.2) is 62.0 Å². The van der Waals surface area contributed by atoms with Gasteiger partial charge in [-0.2, -0.15) is 0 Å². The SMILES string of the molecule is CC(=O)OC(C)(C)/C=C/C(=O)[C@@](C)(O)[C@@H]1[C@@H](O)C[C@]2(C)C3=CC[C@@H]4C(C)(C)C(=O)[C@H](O)C[C@@]4(C)[C@@H]3CC(=O)[C@@]12C. The van der Waals surface area contributed by atoms with Gasteiger partial charge in [-0.1, -0.05) is 46.3 Å². The fourth-order valence-electron chi connectivity index (χ4n) is 9.43. The Morgan fingerprint density at radius 2 is 1.65 bits per heavy atom. The molecule has 0 aliphatic heterocycles. The van der Waals surface area contributed by atoms with Gasteiger partial charge in [-0.3, -0.25) is 19.2 Å². The smallest absolute Gasteiger partial charge is 0.303 e. The van der Waals surface area contributed by atoms with E-state index >= 15 is 0 Å². The largest absolute Gasteiger partial charge is 0.456 e. The van der Waals surface area contributed by atoms with Crippen molar-refractivity contribution < 1.29 is 39.2 Å². The molecule has 0 saturated heterocycles. The average molecular weight is 559 g/mol. The van der Waals surface area contributed by atoms with E-state index in [2.05, 4.69) is 13.0 Å². The summed E-state index contributed by atoms with van der Waals surface area (Å²) in [7, 11) is 0. The molecule has 0 bridgehead atoms. The number of rotatable bonds is 5. The maximum Gasteiger partial charge on any atom is 0.303 e. The summed E-state index contributed by atoms with van der Waals surface area (Å²) in [6.07, 6.45) is 3.67. The van der Waals surface area contributed by atoms with Crippen molar-refractivity contribution in [1.82, 2.24) is 0 Å². The predicted octanol–water partition coefficient (Wildman–Crippen LogP) is 3.50. The lowest BCUT2D eigenvalue weighted by Crippen LogP contribution is -2.63. The second-order valence-corrected chi connectivity index (χ2v) is 14.8. The Labute approximate surface area is 237 Å². The molecule has 40 heavy (non-hydrogen) atoms. The first-order valence-corrected chi connectivity index (χ1v) is 14.4. The maximum absolute atomic E-state index is 14.3. The monoisotopic (exact) mass is 558 g/mol. The van der Waals surface area contributed by atoms with Crippen LogP contribution >= 0.6 is 0 Å². The lowest BCUT2D eigenvalue weighted by Gasteiger charge is -2.63. The molecule has 8 nitrogen and oxygen atoms in total. The molecular weight excluding hydrogens is 512 g/mol. The van der Waals surface area contributed by atoms with Gasteiger partial charge in [-0.15, -0.1) is 0 Å². The van der Waals surface area contributed by atoms with Crippen LogP contribution in [0.25, 0.3) is 0 Å². The molecule has 0 heterocycles. The van der Waals surface area contributed by atoms with E-state index in [0.29, 0.717) is 6.42 Å². The number of carbonyl (C=O) groups is 4. The molecule has 0 amide bonds. The van der Waals surface area contributed by atoms with Crippen molar-refractivity contribution in [3.05, 3.63) is 23.8 Å². The van der Waals surface area contributed by atoms with E-state index in [9.17, 15) is 34.5 Å². The minimum absolute atomic E-state index is 0.0528. The van der Waals surface area contributed by atoms with Crippen LogP contribution in [0.3, 0.4) is 0 Å². The van der Waals surface area contributed by atoms with Crippen molar-refractivity contribution >= 4 is 23.3 Å². The zero-order valence-corrected chi connectivity index (χ0v) is 25.3. The minimum Gasteiger partial charge on any atom is -0.456 e. The van der Waals surface area contributed by atoms with Crippen LogP contribution in [0.1, 0.15) is 88.0 Å². The fourth-order valence-corrected chi connectivity index (χ4v) is 9.43. The number of ketones is 3. The number of allylic oxidation sites excluding steroid dienone is 2. The molecule has 4 aliphatic rings. The number of Topliss-reactive ketones (excluding diaryl/α,β-unsaturated/α-hetero) is 2. The van der Waals surface area contributed by atoms with Gasteiger partial charge < -0.3 is 20.1 Å². The summed E-state index contributed by atoms with van der Waals surface area (Å²) in [6.45, 7) is 15.4. The lowest BCUT2D eigenvalue weighted by molar-refractivity contribution is -0.170. The summed E-state index contributed by atoms with van der Waals surface area (Å²) in [5, 5.41) is 34.0. The zero-order chi connectivity index (χ0) is 30.4. The van der Waals surface area contributed by atoms with E-state index in [1.165, 1.54) is 26.0 Å². The van der Waals surface area contributed by atoms with Gasteiger partial charge >= 0.3 is 5.97 Å². The van der Waals surface area contributed by atoms with Crippen molar-refractivity contribution in [2.45, 2.75) is 111 Å². The molecule has 0 aromatic carbocycles. The normalized spacial score (nSPS) is 42.4. The standard InChI is InChI=1S/C32H46O8/c1-17(33)40-27(2,3)13-12-23(36)32(9,39)25-20(34)16-30(7)18-10-11-22-28(4,5)26(38)21(35)15-29(22,6)19(18)14-24(37)31(25,30)8/h10,12-13,19-22,25,34-35,39H,11,14-16H2,1-9H3/b13-12+/t19-,20+,21-,22-,25-,29+,30-,31+,32-/m1/s1. The molecule has 0 aromatic rings. The van der Waals surface area contributed by atoms with E-state index in [4.69, 9.17) is 4.74 Å². The Morgan fingerprint density at radius 3 is 2.23 bits per heavy atom. The van der Waals surface area contributed by atoms with Gasteiger partial charge in [0, 0.05) is 35.5 Å². The lowest BCUT2D eigenvalue weighted by atomic mass is 9.40. The van der Waals surface area contributed by atoms with E-state index in [0.717, 1.165) is 5.57 Å². The summed E-state index contributed by atoms with van der Waals surface area (Å²) in [6, 6.07) is 0. The number of esters is 1. The van der Waals surface area contributed by atoms with Gasteiger partial charge in [0.15, 0.2) is 11.6 Å². The number of hydrogen-bond donors (Lipinski definition) is 3. The van der Waals surface area contributed by atoms with Crippen LogP contribution in [0.15, 0.2) is 23.8 Å². The predicted molar refractivity (Wildman–Crippen MR) is 148 cm³/mol. The number of aliphatic hydroxyl groups excluding tert-OH is 2. The van der Waals surface area contributed by atoms with E-state index in [-0.39, 0.29) is 42.7 Å². The van der Waals surface area contributed by atoms with Crippen LogP contribution in [0.2, 0.25) is 0 Å². The van der Waals surface area contributed by atoms with E-state index < -0.39 is 62.7 Å². The molecule has 8 heteroatoms. The first kappa shape index (κ1) is 30.8. The van der Waals surface area contributed by atoms with Gasteiger partial charge in [0.2, 0.25) is 0 Å². The molecule has 3 saturated carbocycles. The van der Waals surface area contributed by atoms with Gasteiger partial charge in [-0.25, -0.2) is 0 Å².